The van der Waals surface area contributed by atoms with Crippen molar-refractivity contribution in [3.8, 4) is 5.75 Å². The molecule has 1 atom stereocenters. The van der Waals surface area contributed by atoms with Gasteiger partial charge < -0.3 is 9.64 Å². The van der Waals surface area contributed by atoms with Crippen LogP contribution in [0.1, 0.15) is 24.1 Å². The van der Waals surface area contributed by atoms with E-state index in [0.717, 1.165) is 11.3 Å². The average molecular weight is 299 g/mol. The van der Waals surface area contributed by atoms with Gasteiger partial charge in [-0.1, -0.05) is 12.1 Å². The summed E-state index contributed by atoms with van der Waals surface area (Å²) in [6, 6.07) is 7.71. The molecule has 0 unspecified atom stereocenters. The summed E-state index contributed by atoms with van der Waals surface area (Å²) in [5.41, 5.74) is 2.23. The van der Waals surface area contributed by atoms with Crippen molar-refractivity contribution < 1.29 is 9.53 Å². The van der Waals surface area contributed by atoms with Gasteiger partial charge in [-0.15, -0.1) is 0 Å². The number of ether oxygens (including phenoxy) is 1. The van der Waals surface area contributed by atoms with E-state index >= 15 is 0 Å². The maximum Gasteiger partial charge on any atom is 0.247 e. The lowest BCUT2D eigenvalue weighted by molar-refractivity contribution is -0.143. The second-order valence-corrected chi connectivity index (χ2v) is 5.97. The molecule has 1 aromatic carbocycles. The zero-order valence-electron chi connectivity index (χ0n) is 13.2. The minimum Gasteiger partial charge on any atom is -0.487 e. The third-order valence-corrected chi connectivity index (χ3v) is 3.94. The monoisotopic (exact) mass is 299 g/mol. The predicted octanol–water partition coefficient (Wildman–Crippen LogP) is 2.35. The van der Waals surface area contributed by atoms with Gasteiger partial charge in [-0.2, -0.15) is 5.10 Å². The maximum atomic E-state index is 12.4. The smallest absolute Gasteiger partial charge is 0.247 e. The quantitative estimate of drug-likeness (QED) is 0.870. The molecule has 0 aliphatic carbocycles. The van der Waals surface area contributed by atoms with Crippen molar-refractivity contribution >= 4 is 5.91 Å². The first-order chi connectivity index (χ1) is 10.5. The van der Waals surface area contributed by atoms with Gasteiger partial charge in [0, 0.05) is 6.20 Å². The molecule has 3 rings (SSSR count). The number of carbonyl (C=O) groups is 1. The van der Waals surface area contributed by atoms with Crippen LogP contribution >= 0.6 is 0 Å². The van der Waals surface area contributed by atoms with Crippen LogP contribution in [0.25, 0.3) is 0 Å². The zero-order valence-corrected chi connectivity index (χ0v) is 13.2. The molecular formula is C17H21N3O2. The summed E-state index contributed by atoms with van der Waals surface area (Å²) in [6.07, 6.45) is 3.74. The summed E-state index contributed by atoms with van der Waals surface area (Å²) in [7, 11) is 0. The summed E-state index contributed by atoms with van der Waals surface area (Å²) >= 11 is 0. The van der Waals surface area contributed by atoms with E-state index in [2.05, 4.69) is 5.10 Å². The van der Waals surface area contributed by atoms with E-state index in [4.69, 9.17) is 4.74 Å². The van der Waals surface area contributed by atoms with E-state index in [-0.39, 0.29) is 18.1 Å². The first-order valence-corrected chi connectivity index (χ1v) is 7.56. The Balaban J connectivity index is 1.53. The highest BCUT2D eigenvalue weighted by Crippen LogP contribution is 2.21. The fourth-order valence-corrected chi connectivity index (χ4v) is 2.60. The van der Waals surface area contributed by atoms with Crippen molar-refractivity contribution in [2.75, 3.05) is 13.1 Å². The van der Waals surface area contributed by atoms with Gasteiger partial charge in [-0.05, 0) is 44.0 Å². The molecule has 1 aliphatic rings. The Bertz CT molecular complexity index is 674. The van der Waals surface area contributed by atoms with Crippen molar-refractivity contribution in [1.29, 1.82) is 0 Å². The van der Waals surface area contributed by atoms with E-state index in [1.165, 1.54) is 5.56 Å². The van der Waals surface area contributed by atoms with Crippen LogP contribution in [-0.4, -0.2) is 39.8 Å². The summed E-state index contributed by atoms with van der Waals surface area (Å²) in [6.45, 7) is 7.16. The number of benzene rings is 1. The Morgan fingerprint density at radius 3 is 2.73 bits per heavy atom. The Labute approximate surface area is 130 Å². The molecule has 1 saturated heterocycles. The lowest BCUT2D eigenvalue weighted by Gasteiger charge is -2.40. The second kappa shape index (κ2) is 5.83. The van der Waals surface area contributed by atoms with Crippen LogP contribution in [0.3, 0.4) is 0 Å². The van der Waals surface area contributed by atoms with Crippen molar-refractivity contribution in [1.82, 2.24) is 14.7 Å². The number of aryl methyl sites for hydroxylation is 2. The third kappa shape index (κ3) is 2.98. The average Bonchev–Trinajstić information content (AvgIpc) is 2.87. The maximum absolute atomic E-state index is 12.4. The van der Waals surface area contributed by atoms with Crippen molar-refractivity contribution in [2.45, 2.75) is 32.9 Å². The number of likely N-dealkylation sites (tertiary alicyclic amines) is 1. The van der Waals surface area contributed by atoms with Gasteiger partial charge in [0.15, 0.2) is 0 Å². The number of hydrogen-bond donors (Lipinski definition) is 0. The predicted molar refractivity (Wildman–Crippen MR) is 83.9 cm³/mol. The van der Waals surface area contributed by atoms with Gasteiger partial charge in [0.1, 0.15) is 17.9 Å². The van der Waals surface area contributed by atoms with Crippen LogP contribution in [0.4, 0.5) is 0 Å². The van der Waals surface area contributed by atoms with E-state index < -0.39 is 0 Å². The number of hydrogen-bond acceptors (Lipinski definition) is 3. The highest BCUT2D eigenvalue weighted by Gasteiger charge is 2.35. The molecule has 0 spiro atoms. The van der Waals surface area contributed by atoms with Crippen LogP contribution in [0.2, 0.25) is 0 Å². The molecule has 1 aromatic heterocycles. The summed E-state index contributed by atoms with van der Waals surface area (Å²) in [4.78, 5) is 14.2. The number of aromatic nitrogens is 2. The van der Waals surface area contributed by atoms with Gasteiger partial charge in [0.25, 0.3) is 0 Å². The van der Waals surface area contributed by atoms with Crippen LogP contribution in [-0.2, 0) is 4.79 Å². The fraction of sp³-hybridized carbons (Fsp3) is 0.412. The van der Waals surface area contributed by atoms with Crippen LogP contribution in [0.15, 0.2) is 36.7 Å². The van der Waals surface area contributed by atoms with Gasteiger partial charge in [-0.3, -0.25) is 9.48 Å². The lowest BCUT2D eigenvalue weighted by atomic mass is 10.1. The van der Waals surface area contributed by atoms with Crippen LogP contribution < -0.4 is 4.74 Å². The molecule has 1 fully saturated rings. The van der Waals surface area contributed by atoms with Gasteiger partial charge >= 0.3 is 0 Å². The molecule has 0 saturated carbocycles. The third-order valence-electron chi connectivity index (χ3n) is 3.94. The molecule has 5 nitrogen and oxygen atoms in total. The molecule has 1 aliphatic heterocycles. The lowest BCUT2D eigenvalue weighted by Crippen LogP contribution is -2.57. The Kier molecular flexibility index (Phi) is 3.88. The minimum absolute atomic E-state index is 0.0808. The number of nitrogens with zero attached hydrogens (tertiary/aromatic N) is 3. The Morgan fingerprint density at radius 1 is 1.32 bits per heavy atom. The molecule has 5 heteroatoms. The summed E-state index contributed by atoms with van der Waals surface area (Å²) in [5.74, 6) is 0.958. The molecular weight excluding hydrogens is 278 g/mol. The Hall–Kier alpha value is -2.30. The molecule has 2 aromatic rings. The molecule has 2 heterocycles. The highest BCUT2D eigenvalue weighted by molar-refractivity contribution is 5.80. The summed E-state index contributed by atoms with van der Waals surface area (Å²) in [5, 5.41) is 4.21. The molecule has 0 N–H and O–H groups in total. The second-order valence-electron chi connectivity index (χ2n) is 5.97. The van der Waals surface area contributed by atoms with Crippen molar-refractivity contribution in [3.63, 3.8) is 0 Å². The number of rotatable bonds is 4. The number of carbonyl (C=O) groups excluding carboxylic acids is 1. The molecule has 22 heavy (non-hydrogen) atoms. The first-order valence-electron chi connectivity index (χ1n) is 7.56. The summed E-state index contributed by atoms with van der Waals surface area (Å²) < 4.78 is 7.60. The minimum atomic E-state index is -0.270. The highest BCUT2D eigenvalue weighted by atomic mass is 16.5. The zero-order chi connectivity index (χ0) is 15.7. The van der Waals surface area contributed by atoms with Gasteiger partial charge in [-0.25, -0.2) is 0 Å². The molecule has 116 valence electrons. The first kappa shape index (κ1) is 14.6. The number of amides is 1. The Morgan fingerprint density at radius 2 is 2.09 bits per heavy atom. The standard InChI is InChI=1S/C17H21N3O2/c1-12-5-4-6-15(7-12)22-16-10-19(11-16)17(21)14(3)20-9-13(2)8-18-20/h4-9,14,16H,10-11H2,1-3H3/t14-/m1/s1. The molecule has 1 amide bonds. The molecule has 0 bridgehead atoms. The van der Waals surface area contributed by atoms with E-state index in [0.29, 0.717) is 13.1 Å². The van der Waals surface area contributed by atoms with Crippen molar-refractivity contribution in [2.24, 2.45) is 0 Å². The van der Waals surface area contributed by atoms with Crippen molar-refractivity contribution in [3.05, 3.63) is 47.8 Å². The van der Waals surface area contributed by atoms with E-state index in [1.54, 1.807) is 10.9 Å². The SMILES string of the molecule is Cc1cccc(OC2CN(C(=O)[C@@H](C)n3cc(C)cn3)C2)c1. The van der Waals surface area contributed by atoms with Gasteiger partial charge in [0.2, 0.25) is 5.91 Å². The van der Waals surface area contributed by atoms with Crippen LogP contribution in [0, 0.1) is 13.8 Å². The van der Waals surface area contributed by atoms with Crippen LogP contribution in [0.5, 0.6) is 5.75 Å². The van der Waals surface area contributed by atoms with Gasteiger partial charge in [0.05, 0.1) is 19.3 Å². The fourth-order valence-electron chi connectivity index (χ4n) is 2.60. The topological polar surface area (TPSA) is 47.4 Å². The van der Waals surface area contributed by atoms with E-state index in [1.807, 2.05) is 56.1 Å². The largest absolute Gasteiger partial charge is 0.487 e. The normalized spacial score (nSPS) is 16.2. The van der Waals surface area contributed by atoms with E-state index in [9.17, 15) is 4.79 Å². The molecule has 0 radical (unpaired) electrons.